The Balaban J connectivity index is 1.86. The Morgan fingerprint density at radius 2 is 1.80 bits per heavy atom. The molecule has 1 aliphatic rings. The molecule has 1 atom stereocenters. The van der Waals surface area contributed by atoms with Gasteiger partial charge < -0.3 is 15.1 Å². The zero-order valence-electron chi connectivity index (χ0n) is 13.9. The van der Waals surface area contributed by atoms with Crippen molar-refractivity contribution in [2.45, 2.75) is 31.7 Å². The second-order valence-corrected chi connectivity index (χ2v) is 6.36. The summed E-state index contributed by atoms with van der Waals surface area (Å²) in [5, 5.41) is 19.5. The maximum Gasteiger partial charge on any atom is 0.326 e. The summed E-state index contributed by atoms with van der Waals surface area (Å²) >= 11 is 0. The Labute approximate surface area is 146 Å². The number of phenolic OH excluding ortho intramolecular Hbond substituents is 1. The van der Waals surface area contributed by atoms with Gasteiger partial charge in [0.05, 0.1) is 5.56 Å². The first-order chi connectivity index (χ1) is 12.1. The van der Waals surface area contributed by atoms with Crippen molar-refractivity contribution in [3.8, 4) is 5.75 Å². The van der Waals surface area contributed by atoms with E-state index >= 15 is 0 Å². The summed E-state index contributed by atoms with van der Waals surface area (Å²) in [6.07, 6.45) is 2.66. The molecule has 0 aromatic heterocycles. The van der Waals surface area contributed by atoms with Crippen LogP contribution in [0.4, 0.5) is 0 Å². The molecule has 0 spiro atoms. The highest BCUT2D eigenvalue weighted by atomic mass is 16.4. The lowest BCUT2D eigenvalue weighted by Gasteiger charge is -2.33. The summed E-state index contributed by atoms with van der Waals surface area (Å²) in [6.45, 7) is 0.401. The van der Waals surface area contributed by atoms with Crippen LogP contribution >= 0.6 is 0 Å². The molecule has 2 aromatic carbocycles. The number of carboxylic acids is 1. The fraction of sp³-hybridized carbons (Fsp3) is 0.300. The Morgan fingerprint density at radius 1 is 1.04 bits per heavy atom. The highest BCUT2D eigenvalue weighted by Crippen LogP contribution is 2.26. The third-order valence-corrected chi connectivity index (χ3v) is 4.59. The number of phenols is 1. The molecule has 5 heteroatoms. The van der Waals surface area contributed by atoms with Crippen molar-refractivity contribution in [3.05, 3.63) is 65.2 Å². The third-order valence-electron chi connectivity index (χ3n) is 4.59. The van der Waals surface area contributed by atoms with Gasteiger partial charge in [-0.15, -0.1) is 0 Å². The van der Waals surface area contributed by atoms with Crippen molar-refractivity contribution in [1.29, 1.82) is 0 Å². The van der Waals surface area contributed by atoms with Crippen molar-refractivity contribution < 1.29 is 19.8 Å². The molecule has 5 nitrogen and oxygen atoms in total. The van der Waals surface area contributed by atoms with Crippen LogP contribution in [0.3, 0.4) is 0 Å². The maximum atomic E-state index is 12.8. The van der Waals surface area contributed by atoms with Gasteiger partial charge >= 0.3 is 5.97 Å². The van der Waals surface area contributed by atoms with E-state index in [9.17, 15) is 19.8 Å². The average molecular weight is 339 g/mol. The van der Waals surface area contributed by atoms with Crippen molar-refractivity contribution in [2.75, 3.05) is 6.54 Å². The lowest BCUT2D eigenvalue weighted by atomic mass is 9.98. The number of aliphatic carboxylic acids is 1. The molecule has 2 N–H and O–H groups in total. The van der Waals surface area contributed by atoms with Crippen LogP contribution in [-0.2, 0) is 11.2 Å². The van der Waals surface area contributed by atoms with E-state index in [1.165, 1.54) is 11.0 Å². The number of hydrogen-bond acceptors (Lipinski definition) is 3. The molecular weight excluding hydrogens is 318 g/mol. The number of carbonyl (C=O) groups excluding carboxylic acids is 1. The number of piperidine rings is 1. The van der Waals surface area contributed by atoms with Gasteiger partial charge in [0.25, 0.3) is 5.91 Å². The molecule has 25 heavy (non-hydrogen) atoms. The molecule has 1 amide bonds. The number of carbonyl (C=O) groups is 2. The Morgan fingerprint density at radius 3 is 2.52 bits per heavy atom. The summed E-state index contributed by atoms with van der Waals surface area (Å²) in [6, 6.07) is 14.0. The van der Waals surface area contributed by atoms with E-state index in [0.717, 1.165) is 24.0 Å². The van der Waals surface area contributed by atoms with Gasteiger partial charge in [0.1, 0.15) is 11.8 Å². The largest absolute Gasteiger partial charge is 0.507 e. The maximum absolute atomic E-state index is 12.8. The van der Waals surface area contributed by atoms with Crippen LogP contribution in [0, 0.1) is 0 Å². The van der Waals surface area contributed by atoms with Crippen LogP contribution < -0.4 is 0 Å². The summed E-state index contributed by atoms with van der Waals surface area (Å²) in [5.41, 5.74) is 2.17. The van der Waals surface area contributed by atoms with Gasteiger partial charge in [-0.2, -0.15) is 0 Å². The molecule has 2 aromatic rings. The van der Waals surface area contributed by atoms with E-state index in [1.54, 1.807) is 12.1 Å². The minimum absolute atomic E-state index is 0.114. The van der Waals surface area contributed by atoms with E-state index < -0.39 is 17.9 Å². The fourth-order valence-electron chi connectivity index (χ4n) is 3.28. The zero-order valence-corrected chi connectivity index (χ0v) is 13.9. The van der Waals surface area contributed by atoms with Gasteiger partial charge in [0, 0.05) is 6.54 Å². The smallest absolute Gasteiger partial charge is 0.326 e. The van der Waals surface area contributed by atoms with Crippen LogP contribution in [0.5, 0.6) is 5.75 Å². The minimum atomic E-state index is -0.993. The summed E-state index contributed by atoms with van der Waals surface area (Å²) in [5.74, 6) is -1.52. The van der Waals surface area contributed by atoms with Gasteiger partial charge in [0.2, 0.25) is 0 Å². The molecule has 0 radical (unpaired) electrons. The highest BCUT2D eigenvalue weighted by Gasteiger charge is 2.33. The predicted molar refractivity (Wildman–Crippen MR) is 93.7 cm³/mol. The fourth-order valence-corrected chi connectivity index (χ4v) is 3.28. The van der Waals surface area contributed by atoms with Crippen LogP contribution in [0.1, 0.15) is 40.7 Å². The zero-order chi connectivity index (χ0) is 17.8. The summed E-state index contributed by atoms with van der Waals surface area (Å²) < 4.78 is 0. The van der Waals surface area contributed by atoms with Crippen LogP contribution in [-0.4, -0.2) is 39.6 Å². The molecule has 1 saturated heterocycles. The van der Waals surface area contributed by atoms with Gasteiger partial charge in [-0.05, 0) is 48.9 Å². The molecule has 1 aliphatic heterocycles. The Kier molecular flexibility index (Phi) is 5.03. The number of nitrogens with zero attached hydrogens (tertiary/aromatic N) is 1. The second kappa shape index (κ2) is 7.38. The quantitative estimate of drug-likeness (QED) is 0.897. The number of aromatic hydroxyl groups is 1. The minimum Gasteiger partial charge on any atom is -0.507 e. The number of likely N-dealkylation sites (tertiary alicyclic amines) is 1. The van der Waals surface area contributed by atoms with Crippen molar-refractivity contribution in [2.24, 2.45) is 0 Å². The Bertz CT molecular complexity index is 773. The standard InChI is InChI=1S/C20H21NO4/c22-18-10-9-15(12-14-6-2-1-3-7-14)13-16(18)19(23)21-11-5-4-8-17(21)20(24)25/h1-3,6-7,9-10,13,17,22H,4-5,8,11-12H2,(H,24,25). The summed E-state index contributed by atoms with van der Waals surface area (Å²) in [4.78, 5) is 25.6. The Hall–Kier alpha value is -2.82. The third kappa shape index (κ3) is 3.82. The lowest BCUT2D eigenvalue weighted by molar-refractivity contribution is -0.143. The van der Waals surface area contributed by atoms with Crippen LogP contribution in [0.15, 0.2) is 48.5 Å². The lowest BCUT2D eigenvalue weighted by Crippen LogP contribution is -2.48. The molecule has 130 valence electrons. The molecular formula is C20H21NO4. The number of hydrogen-bond donors (Lipinski definition) is 2. The molecule has 0 bridgehead atoms. The molecule has 0 aliphatic carbocycles. The molecule has 3 rings (SSSR count). The van der Waals surface area contributed by atoms with E-state index in [1.807, 2.05) is 30.3 Å². The topological polar surface area (TPSA) is 77.8 Å². The van der Waals surface area contributed by atoms with Gasteiger partial charge in [-0.25, -0.2) is 4.79 Å². The van der Waals surface area contributed by atoms with E-state index in [0.29, 0.717) is 19.4 Å². The van der Waals surface area contributed by atoms with Crippen LogP contribution in [0.2, 0.25) is 0 Å². The van der Waals surface area contributed by atoms with Crippen molar-refractivity contribution >= 4 is 11.9 Å². The number of benzene rings is 2. The van der Waals surface area contributed by atoms with E-state index in [4.69, 9.17) is 0 Å². The average Bonchev–Trinajstić information content (AvgIpc) is 2.63. The van der Waals surface area contributed by atoms with Gasteiger partial charge in [-0.1, -0.05) is 36.4 Å². The van der Waals surface area contributed by atoms with E-state index in [2.05, 4.69) is 0 Å². The first-order valence-corrected chi connectivity index (χ1v) is 8.46. The number of rotatable bonds is 4. The van der Waals surface area contributed by atoms with Gasteiger partial charge in [0.15, 0.2) is 0 Å². The second-order valence-electron chi connectivity index (χ2n) is 6.36. The predicted octanol–water partition coefficient (Wildman–Crippen LogP) is 3.06. The SMILES string of the molecule is O=C(O)C1CCCCN1C(=O)c1cc(Cc2ccccc2)ccc1O. The molecule has 1 fully saturated rings. The van der Waals surface area contributed by atoms with E-state index in [-0.39, 0.29) is 11.3 Å². The molecule has 1 unspecified atom stereocenters. The van der Waals surface area contributed by atoms with Crippen molar-refractivity contribution in [3.63, 3.8) is 0 Å². The van der Waals surface area contributed by atoms with Crippen LogP contribution in [0.25, 0.3) is 0 Å². The molecule has 1 heterocycles. The number of carboxylic acid groups (broad SMARTS) is 1. The van der Waals surface area contributed by atoms with Crippen molar-refractivity contribution in [1.82, 2.24) is 4.90 Å². The monoisotopic (exact) mass is 339 g/mol. The number of amides is 1. The van der Waals surface area contributed by atoms with Gasteiger partial charge in [-0.3, -0.25) is 4.79 Å². The summed E-state index contributed by atoms with van der Waals surface area (Å²) in [7, 11) is 0. The highest BCUT2D eigenvalue weighted by molar-refractivity contribution is 5.99. The normalized spacial score (nSPS) is 17.3. The molecule has 0 saturated carbocycles. The first kappa shape index (κ1) is 17.0. The first-order valence-electron chi connectivity index (χ1n) is 8.46.